The standard InChI is InChI=1S/C22H15ClFN3O3S/c23-17-8-13(3-5-18(17)24)9-20-21(28)16-10-15(4-6-19(16)27-31(20)30)22(29)26-12-14-2-1-7-25-11-14/h1-11,27H,12H2,(H,26,29)/b20-9-. The van der Waals surface area contributed by atoms with Crippen molar-refractivity contribution in [2.24, 2.45) is 0 Å². The lowest BCUT2D eigenvalue weighted by atomic mass is 10.0. The van der Waals surface area contributed by atoms with Crippen LogP contribution in [-0.4, -0.2) is 20.9 Å². The molecular weight excluding hydrogens is 441 g/mol. The highest BCUT2D eigenvalue weighted by atomic mass is 35.5. The van der Waals surface area contributed by atoms with Gasteiger partial charge in [0.1, 0.15) is 10.7 Å². The van der Waals surface area contributed by atoms with Crippen molar-refractivity contribution in [2.45, 2.75) is 6.54 Å². The number of amides is 1. The van der Waals surface area contributed by atoms with Crippen LogP contribution in [0.2, 0.25) is 5.02 Å². The van der Waals surface area contributed by atoms with Gasteiger partial charge in [-0.3, -0.25) is 14.6 Å². The van der Waals surface area contributed by atoms with E-state index in [9.17, 15) is 18.2 Å². The topological polar surface area (TPSA) is 88.2 Å². The van der Waals surface area contributed by atoms with Crippen molar-refractivity contribution < 1.29 is 18.2 Å². The number of fused-ring (bicyclic) bond motifs is 1. The van der Waals surface area contributed by atoms with Gasteiger partial charge in [-0.05, 0) is 53.6 Å². The summed E-state index contributed by atoms with van der Waals surface area (Å²) in [6, 6.07) is 12.1. The summed E-state index contributed by atoms with van der Waals surface area (Å²) in [5, 5.41) is 2.67. The van der Waals surface area contributed by atoms with E-state index >= 15 is 0 Å². The Morgan fingerprint density at radius 3 is 2.81 bits per heavy atom. The van der Waals surface area contributed by atoms with Crippen molar-refractivity contribution >= 4 is 46.0 Å². The van der Waals surface area contributed by atoms with E-state index < -0.39 is 22.6 Å². The highest BCUT2D eigenvalue weighted by Gasteiger charge is 2.28. The van der Waals surface area contributed by atoms with Crippen LogP contribution in [0.1, 0.15) is 31.8 Å². The lowest BCUT2D eigenvalue weighted by Gasteiger charge is -2.19. The maximum atomic E-state index is 13.4. The molecule has 0 spiro atoms. The molecule has 2 heterocycles. The molecule has 0 saturated carbocycles. The summed E-state index contributed by atoms with van der Waals surface area (Å²) in [5.41, 5.74) is 2.13. The molecule has 6 nitrogen and oxygen atoms in total. The van der Waals surface area contributed by atoms with Gasteiger partial charge < -0.3 is 10.0 Å². The number of nitrogens with one attached hydrogen (secondary N) is 2. The third kappa shape index (κ3) is 4.55. The number of hydrogen-bond donors (Lipinski definition) is 2. The molecule has 1 atom stereocenters. The van der Waals surface area contributed by atoms with E-state index in [0.29, 0.717) is 11.3 Å². The second-order valence-electron chi connectivity index (χ2n) is 6.69. The molecule has 2 N–H and O–H groups in total. The van der Waals surface area contributed by atoms with Crippen LogP contribution in [0.25, 0.3) is 6.08 Å². The van der Waals surface area contributed by atoms with E-state index in [4.69, 9.17) is 11.6 Å². The largest absolute Gasteiger partial charge is 0.348 e. The molecule has 3 aromatic rings. The molecule has 1 aliphatic rings. The van der Waals surface area contributed by atoms with Gasteiger partial charge in [-0.1, -0.05) is 23.7 Å². The first-order chi connectivity index (χ1) is 14.9. The summed E-state index contributed by atoms with van der Waals surface area (Å²) in [7, 11) is -1.81. The summed E-state index contributed by atoms with van der Waals surface area (Å²) in [6.45, 7) is 0.288. The van der Waals surface area contributed by atoms with Gasteiger partial charge in [0.2, 0.25) is 5.78 Å². The van der Waals surface area contributed by atoms with Crippen molar-refractivity contribution in [3.8, 4) is 0 Å². The van der Waals surface area contributed by atoms with Gasteiger partial charge in [-0.15, -0.1) is 0 Å². The Bertz CT molecular complexity index is 1250. The maximum absolute atomic E-state index is 13.4. The Hall–Kier alpha value is -3.36. The van der Waals surface area contributed by atoms with Crippen LogP contribution in [0.3, 0.4) is 0 Å². The number of hydrogen-bond acceptors (Lipinski definition) is 4. The highest BCUT2D eigenvalue weighted by Crippen LogP contribution is 2.30. The number of carbonyl (C=O) groups is 2. The minimum atomic E-state index is -1.81. The molecule has 1 aliphatic heterocycles. The van der Waals surface area contributed by atoms with Gasteiger partial charge in [0.15, 0.2) is 11.0 Å². The Labute approximate surface area is 184 Å². The van der Waals surface area contributed by atoms with E-state index in [1.54, 1.807) is 24.5 Å². The fraction of sp³-hybridized carbons (Fsp3) is 0.0455. The number of ketones is 1. The summed E-state index contributed by atoms with van der Waals surface area (Å²) >= 11 is 5.79. The minimum absolute atomic E-state index is 0.0249. The molecule has 9 heteroatoms. The molecule has 0 saturated heterocycles. The first-order valence-electron chi connectivity index (χ1n) is 9.13. The van der Waals surface area contributed by atoms with Gasteiger partial charge in [0.05, 0.1) is 10.7 Å². The number of pyridine rings is 1. The Morgan fingerprint density at radius 1 is 1.23 bits per heavy atom. The summed E-state index contributed by atoms with van der Waals surface area (Å²) < 4.78 is 28.7. The lowest BCUT2D eigenvalue weighted by molar-refractivity contribution is 0.0951. The zero-order valence-electron chi connectivity index (χ0n) is 15.9. The number of anilines is 1. The third-order valence-corrected chi connectivity index (χ3v) is 5.97. The van der Waals surface area contributed by atoms with Crippen molar-refractivity contribution in [1.29, 1.82) is 0 Å². The zero-order chi connectivity index (χ0) is 22.0. The molecule has 2 aromatic carbocycles. The van der Waals surface area contributed by atoms with Crippen molar-refractivity contribution in [2.75, 3.05) is 4.72 Å². The molecule has 4 rings (SSSR count). The third-order valence-electron chi connectivity index (χ3n) is 4.57. The Morgan fingerprint density at radius 2 is 2.06 bits per heavy atom. The first kappa shape index (κ1) is 20.9. The second kappa shape index (κ2) is 8.79. The number of aromatic nitrogens is 1. The van der Waals surface area contributed by atoms with Crippen molar-refractivity contribution in [3.05, 3.63) is 98.9 Å². The van der Waals surface area contributed by atoms with Gasteiger partial charge in [0, 0.05) is 30.1 Å². The summed E-state index contributed by atoms with van der Waals surface area (Å²) in [6.07, 6.45) is 4.67. The molecule has 0 aliphatic carbocycles. The first-order valence-corrected chi connectivity index (χ1v) is 10.7. The van der Waals surface area contributed by atoms with Crippen LogP contribution in [0.15, 0.2) is 65.8 Å². The van der Waals surface area contributed by atoms with Gasteiger partial charge in [-0.25, -0.2) is 8.60 Å². The number of carbonyl (C=O) groups excluding carboxylic acids is 2. The van der Waals surface area contributed by atoms with E-state index in [2.05, 4.69) is 15.0 Å². The Kier molecular flexibility index (Phi) is 5.92. The maximum Gasteiger partial charge on any atom is 0.251 e. The zero-order valence-corrected chi connectivity index (χ0v) is 17.5. The van der Waals surface area contributed by atoms with E-state index in [1.807, 2.05) is 6.07 Å². The lowest BCUT2D eigenvalue weighted by Crippen LogP contribution is -2.25. The fourth-order valence-corrected chi connectivity index (χ4v) is 4.19. The molecule has 0 fully saturated rings. The highest BCUT2D eigenvalue weighted by molar-refractivity contribution is 7.91. The van der Waals surface area contributed by atoms with E-state index in [0.717, 1.165) is 11.6 Å². The second-order valence-corrected chi connectivity index (χ2v) is 8.27. The predicted molar refractivity (Wildman–Crippen MR) is 117 cm³/mol. The SMILES string of the molecule is O=C(NCc1cccnc1)c1ccc2c(c1)C(=O)/C(=C/c1ccc(F)c(Cl)c1)S(=O)N2. The quantitative estimate of drug-likeness (QED) is 0.579. The van der Waals surface area contributed by atoms with Gasteiger partial charge >= 0.3 is 0 Å². The number of nitrogens with zero attached hydrogens (tertiary/aromatic N) is 1. The van der Waals surface area contributed by atoms with E-state index in [1.165, 1.54) is 30.3 Å². The monoisotopic (exact) mass is 455 g/mol. The smallest absolute Gasteiger partial charge is 0.251 e. The van der Waals surface area contributed by atoms with Crippen molar-refractivity contribution in [3.63, 3.8) is 0 Å². The van der Waals surface area contributed by atoms with Gasteiger partial charge in [0.25, 0.3) is 5.91 Å². The van der Waals surface area contributed by atoms with Crippen LogP contribution in [-0.2, 0) is 17.5 Å². The van der Waals surface area contributed by atoms with Crippen LogP contribution >= 0.6 is 11.6 Å². The molecule has 0 radical (unpaired) electrons. The number of Topliss-reactive ketones (excluding diaryl/α,β-unsaturated/α-hetero) is 1. The molecule has 0 bridgehead atoms. The van der Waals surface area contributed by atoms with Crippen molar-refractivity contribution in [1.82, 2.24) is 10.3 Å². The minimum Gasteiger partial charge on any atom is -0.348 e. The molecule has 1 amide bonds. The van der Waals surface area contributed by atoms with Crippen LogP contribution in [0, 0.1) is 5.82 Å². The normalized spacial score (nSPS) is 16.5. The Balaban J connectivity index is 1.59. The number of halogens is 2. The number of benzene rings is 2. The predicted octanol–water partition coefficient (Wildman–Crippen LogP) is 4.12. The summed E-state index contributed by atoms with van der Waals surface area (Å²) in [4.78, 5) is 29.5. The molecule has 1 aromatic heterocycles. The number of rotatable bonds is 4. The fourth-order valence-electron chi connectivity index (χ4n) is 2.99. The summed E-state index contributed by atoms with van der Waals surface area (Å²) in [5.74, 6) is -1.44. The average molecular weight is 456 g/mol. The molecule has 31 heavy (non-hydrogen) atoms. The molecular formula is C22H15ClFN3O3S. The van der Waals surface area contributed by atoms with Crippen LogP contribution in [0.4, 0.5) is 10.1 Å². The molecule has 156 valence electrons. The average Bonchev–Trinajstić information content (AvgIpc) is 2.78. The number of allylic oxidation sites excluding steroid dienone is 1. The van der Waals surface area contributed by atoms with Crippen LogP contribution < -0.4 is 10.0 Å². The van der Waals surface area contributed by atoms with E-state index in [-0.39, 0.29) is 33.5 Å². The molecule has 1 unspecified atom stereocenters. The van der Waals surface area contributed by atoms with Gasteiger partial charge in [-0.2, -0.15) is 0 Å². The van der Waals surface area contributed by atoms with Crippen LogP contribution in [0.5, 0.6) is 0 Å².